The molecule has 0 fully saturated rings. The third-order valence-electron chi connectivity index (χ3n) is 3.13. The Kier molecular flexibility index (Phi) is 4.19. The van der Waals surface area contributed by atoms with Gasteiger partial charge >= 0.3 is 0 Å². The second kappa shape index (κ2) is 6.06. The summed E-state index contributed by atoms with van der Waals surface area (Å²) in [6.07, 6.45) is 0. The van der Waals surface area contributed by atoms with Crippen molar-refractivity contribution < 1.29 is 14.9 Å². The lowest BCUT2D eigenvalue weighted by atomic mass is 10.1. The van der Waals surface area contributed by atoms with E-state index in [1.807, 2.05) is 6.92 Å². The maximum Gasteiger partial charge on any atom is 0.143 e. The molecule has 1 unspecified atom stereocenters. The number of rotatable bonds is 4. The number of anilines is 1. The molecule has 0 saturated carbocycles. The molecule has 0 amide bonds. The largest absolute Gasteiger partial charge is 0.508 e. The smallest absolute Gasteiger partial charge is 0.143 e. The van der Waals surface area contributed by atoms with Crippen molar-refractivity contribution in [2.75, 3.05) is 12.4 Å². The van der Waals surface area contributed by atoms with Gasteiger partial charge in [0.15, 0.2) is 0 Å². The van der Waals surface area contributed by atoms with E-state index in [4.69, 9.17) is 10.00 Å². The molecule has 108 valence electrons. The second-order valence-corrected chi connectivity index (χ2v) is 4.68. The van der Waals surface area contributed by atoms with Gasteiger partial charge in [-0.1, -0.05) is 0 Å². The minimum absolute atomic E-state index is 0.00504. The number of hydrogen-bond acceptors (Lipinski definition) is 5. The van der Waals surface area contributed by atoms with Crippen molar-refractivity contribution in [2.45, 2.75) is 13.0 Å². The molecule has 5 heteroatoms. The lowest BCUT2D eigenvalue weighted by Crippen LogP contribution is -2.07. The number of methoxy groups -OCH3 is 1. The highest BCUT2D eigenvalue weighted by atomic mass is 16.5. The molecule has 0 bridgehead atoms. The Labute approximate surface area is 123 Å². The van der Waals surface area contributed by atoms with Gasteiger partial charge in [0.1, 0.15) is 17.2 Å². The molecular weight excluding hydrogens is 268 g/mol. The molecule has 0 saturated heterocycles. The Morgan fingerprint density at radius 2 is 1.81 bits per heavy atom. The molecular formula is C16H16N2O3. The van der Waals surface area contributed by atoms with Gasteiger partial charge in [-0.15, -0.1) is 0 Å². The summed E-state index contributed by atoms with van der Waals surface area (Å²) in [5.74, 6) is 0.571. The Morgan fingerprint density at radius 1 is 1.14 bits per heavy atom. The fourth-order valence-corrected chi connectivity index (χ4v) is 2.06. The van der Waals surface area contributed by atoms with Crippen LogP contribution in [-0.2, 0) is 0 Å². The summed E-state index contributed by atoms with van der Waals surface area (Å²) in [4.78, 5) is 0. The molecule has 21 heavy (non-hydrogen) atoms. The van der Waals surface area contributed by atoms with Crippen molar-refractivity contribution >= 4 is 5.69 Å². The summed E-state index contributed by atoms with van der Waals surface area (Å²) in [6, 6.07) is 11.4. The van der Waals surface area contributed by atoms with Crippen LogP contribution in [0.1, 0.15) is 24.1 Å². The minimum atomic E-state index is -0.162. The van der Waals surface area contributed by atoms with E-state index in [2.05, 4.69) is 11.4 Å². The highest BCUT2D eigenvalue weighted by Gasteiger charge is 2.11. The molecule has 0 radical (unpaired) electrons. The molecule has 0 aliphatic rings. The molecule has 0 heterocycles. The zero-order valence-corrected chi connectivity index (χ0v) is 11.8. The Hall–Kier alpha value is -2.87. The number of nitriles is 1. The quantitative estimate of drug-likeness (QED) is 0.803. The van der Waals surface area contributed by atoms with Gasteiger partial charge in [-0.05, 0) is 36.8 Å². The van der Waals surface area contributed by atoms with Crippen LogP contribution in [0.3, 0.4) is 0 Å². The number of ether oxygens (including phenoxy) is 1. The van der Waals surface area contributed by atoms with Gasteiger partial charge in [0.05, 0.1) is 24.4 Å². The monoisotopic (exact) mass is 284 g/mol. The summed E-state index contributed by atoms with van der Waals surface area (Å²) in [5.41, 5.74) is 1.98. The normalized spacial score (nSPS) is 11.5. The zero-order chi connectivity index (χ0) is 15.4. The van der Waals surface area contributed by atoms with Crippen molar-refractivity contribution in [3.05, 3.63) is 47.5 Å². The second-order valence-electron chi connectivity index (χ2n) is 4.68. The van der Waals surface area contributed by atoms with Crippen LogP contribution in [0, 0.1) is 11.3 Å². The van der Waals surface area contributed by atoms with E-state index >= 15 is 0 Å². The average molecular weight is 284 g/mol. The van der Waals surface area contributed by atoms with E-state index in [-0.39, 0.29) is 17.5 Å². The lowest BCUT2D eigenvalue weighted by molar-refractivity contribution is 0.416. The fourth-order valence-electron chi connectivity index (χ4n) is 2.06. The molecule has 1 atom stereocenters. The van der Waals surface area contributed by atoms with Gasteiger partial charge in [-0.3, -0.25) is 0 Å². The first-order valence-electron chi connectivity index (χ1n) is 6.41. The molecule has 5 nitrogen and oxygen atoms in total. The average Bonchev–Trinajstić information content (AvgIpc) is 2.46. The number of phenols is 2. The molecule has 0 spiro atoms. The molecule has 0 aliphatic heterocycles. The Bertz CT molecular complexity index is 672. The van der Waals surface area contributed by atoms with Crippen LogP contribution in [0.25, 0.3) is 0 Å². The number of hydrogen-bond donors (Lipinski definition) is 3. The van der Waals surface area contributed by atoms with Crippen molar-refractivity contribution in [2.24, 2.45) is 0 Å². The van der Waals surface area contributed by atoms with Crippen molar-refractivity contribution in [1.82, 2.24) is 0 Å². The molecule has 2 aromatic rings. The van der Waals surface area contributed by atoms with Gasteiger partial charge in [-0.2, -0.15) is 5.26 Å². The molecule has 2 aromatic carbocycles. The van der Waals surface area contributed by atoms with Gasteiger partial charge < -0.3 is 20.3 Å². The third-order valence-corrected chi connectivity index (χ3v) is 3.13. The molecule has 0 aliphatic carbocycles. The first-order valence-corrected chi connectivity index (χ1v) is 6.41. The minimum Gasteiger partial charge on any atom is -0.508 e. The summed E-state index contributed by atoms with van der Waals surface area (Å²) in [7, 11) is 1.53. The number of nitrogens with one attached hydrogen (secondary N) is 1. The van der Waals surface area contributed by atoms with Crippen LogP contribution >= 0.6 is 0 Å². The SMILES string of the molecule is COc1cc(C#N)ccc1NC(C)c1cc(O)cc(O)c1. The first kappa shape index (κ1) is 14.5. The van der Waals surface area contributed by atoms with Crippen LogP contribution in [0.4, 0.5) is 5.69 Å². The van der Waals surface area contributed by atoms with Gasteiger partial charge in [-0.25, -0.2) is 0 Å². The van der Waals surface area contributed by atoms with E-state index in [1.54, 1.807) is 30.3 Å². The van der Waals surface area contributed by atoms with E-state index in [0.717, 1.165) is 11.3 Å². The van der Waals surface area contributed by atoms with Crippen LogP contribution < -0.4 is 10.1 Å². The molecule has 0 aromatic heterocycles. The topological polar surface area (TPSA) is 85.5 Å². The van der Waals surface area contributed by atoms with Gasteiger partial charge in [0, 0.05) is 18.2 Å². The Balaban J connectivity index is 2.27. The molecule has 3 N–H and O–H groups in total. The number of aromatic hydroxyl groups is 2. The number of nitrogens with zero attached hydrogens (tertiary/aromatic N) is 1. The van der Waals surface area contributed by atoms with Crippen LogP contribution in [0.15, 0.2) is 36.4 Å². The lowest BCUT2D eigenvalue weighted by Gasteiger charge is -2.18. The number of phenolic OH excluding ortho intramolecular Hbond substituents is 2. The standard InChI is InChI=1S/C16H16N2O3/c1-10(12-6-13(19)8-14(20)7-12)18-15-4-3-11(9-17)5-16(15)21-2/h3-8,10,18-20H,1-2H3. The predicted octanol–water partition coefficient (Wildman–Crippen LogP) is 3.15. The zero-order valence-electron chi connectivity index (χ0n) is 11.8. The molecule has 2 rings (SSSR count). The van der Waals surface area contributed by atoms with Gasteiger partial charge in [0.25, 0.3) is 0 Å². The predicted molar refractivity (Wildman–Crippen MR) is 79.5 cm³/mol. The highest BCUT2D eigenvalue weighted by molar-refractivity contribution is 5.60. The summed E-state index contributed by atoms with van der Waals surface area (Å²) < 4.78 is 5.26. The summed E-state index contributed by atoms with van der Waals surface area (Å²) >= 11 is 0. The third kappa shape index (κ3) is 3.37. The van der Waals surface area contributed by atoms with E-state index in [0.29, 0.717) is 11.3 Å². The van der Waals surface area contributed by atoms with Crippen molar-refractivity contribution in [3.8, 4) is 23.3 Å². The summed E-state index contributed by atoms with van der Waals surface area (Å²) in [5, 5.41) is 31.2. The maximum absolute atomic E-state index is 9.53. The van der Waals surface area contributed by atoms with Crippen LogP contribution in [0.2, 0.25) is 0 Å². The van der Waals surface area contributed by atoms with E-state index < -0.39 is 0 Å². The first-order chi connectivity index (χ1) is 10.0. The van der Waals surface area contributed by atoms with Crippen molar-refractivity contribution in [3.63, 3.8) is 0 Å². The fraction of sp³-hybridized carbons (Fsp3) is 0.188. The maximum atomic E-state index is 9.53. The van der Waals surface area contributed by atoms with Gasteiger partial charge in [0.2, 0.25) is 0 Å². The van der Waals surface area contributed by atoms with Crippen molar-refractivity contribution in [1.29, 1.82) is 5.26 Å². The van der Waals surface area contributed by atoms with Crippen LogP contribution in [-0.4, -0.2) is 17.3 Å². The van der Waals surface area contributed by atoms with E-state index in [9.17, 15) is 10.2 Å². The number of benzene rings is 2. The van der Waals surface area contributed by atoms with E-state index in [1.165, 1.54) is 13.2 Å². The van der Waals surface area contributed by atoms with Crippen LogP contribution in [0.5, 0.6) is 17.2 Å². The summed E-state index contributed by atoms with van der Waals surface area (Å²) in [6.45, 7) is 1.89. The Morgan fingerprint density at radius 3 is 2.38 bits per heavy atom. The highest BCUT2D eigenvalue weighted by Crippen LogP contribution is 2.31.